The van der Waals surface area contributed by atoms with E-state index in [0.29, 0.717) is 30.7 Å². The fourth-order valence-electron chi connectivity index (χ4n) is 1.20. The molecule has 0 atom stereocenters. The maximum absolute atomic E-state index is 10.9. The lowest BCUT2D eigenvalue weighted by Gasteiger charge is -2.17. The molecule has 0 radical (unpaired) electrons. The quantitative estimate of drug-likeness (QED) is 0.386. The largest absolute Gasteiger partial charge is 0.569 e. The Bertz CT molecular complexity index is 230. The highest BCUT2D eigenvalue weighted by Gasteiger charge is 2.20. The minimum absolute atomic E-state index is 0.0934. The molecular formula is C8H15N3O3. The lowest BCUT2D eigenvalue weighted by Crippen LogP contribution is -2.24. The van der Waals surface area contributed by atoms with Crippen molar-refractivity contribution < 1.29 is 14.6 Å². The van der Waals surface area contributed by atoms with Crippen molar-refractivity contribution in [3.05, 3.63) is 5.21 Å². The molecular weight excluding hydrogens is 186 g/mol. The zero-order chi connectivity index (χ0) is 10.6. The number of hydrogen-bond donors (Lipinski definition) is 0. The molecule has 0 aromatic heterocycles. The fourth-order valence-corrected chi connectivity index (χ4v) is 1.20. The molecule has 0 aromatic carbocycles. The van der Waals surface area contributed by atoms with Crippen LogP contribution in [0.4, 0.5) is 0 Å². The number of rotatable bonds is 3. The lowest BCUT2D eigenvalue weighted by atomic mass is 9.97. The molecule has 14 heavy (non-hydrogen) atoms. The van der Waals surface area contributed by atoms with Crippen LogP contribution in [0, 0.1) is 5.21 Å². The van der Waals surface area contributed by atoms with Crippen molar-refractivity contribution in [1.82, 2.24) is 5.01 Å². The molecule has 0 bridgehead atoms. The molecule has 0 saturated heterocycles. The van der Waals surface area contributed by atoms with E-state index in [2.05, 4.69) is 5.28 Å². The average Bonchev–Trinajstić information content (AvgIpc) is 2.16. The second-order valence-electron chi connectivity index (χ2n) is 3.53. The summed E-state index contributed by atoms with van der Waals surface area (Å²) in [4.78, 5) is 16.3. The molecule has 0 aliphatic heterocycles. The van der Waals surface area contributed by atoms with Crippen LogP contribution < -0.4 is 0 Å². The van der Waals surface area contributed by atoms with Gasteiger partial charge in [-0.15, -0.1) is 0 Å². The Balaban J connectivity index is 2.31. The Hall–Kier alpha value is -1.33. The van der Waals surface area contributed by atoms with E-state index in [1.165, 1.54) is 5.01 Å². The van der Waals surface area contributed by atoms with Crippen molar-refractivity contribution >= 4 is 5.78 Å². The van der Waals surface area contributed by atoms with Crippen LogP contribution in [0.3, 0.4) is 0 Å². The maximum atomic E-state index is 10.9. The van der Waals surface area contributed by atoms with Gasteiger partial charge in [-0.2, -0.15) is 5.01 Å². The molecule has 0 N–H and O–H groups in total. The van der Waals surface area contributed by atoms with E-state index in [9.17, 15) is 10.0 Å². The topological polar surface area (TPSA) is 68.0 Å². The Kier molecular flexibility index (Phi) is 3.67. The zero-order valence-corrected chi connectivity index (χ0v) is 8.47. The number of ketones is 1. The van der Waals surface area contributed by atoms with Crippen LogP contribution >= 0.6 is 0 Å². The Labute approximate surface area is 82.7 Å². The van der Waals surface area contributed by atoms with Crippen molar-refractivity contribution in [2.45, 2.75) is 31.8 Å². The fraction of sp³-hybridized carbons (Fsp3) is 0.875. The van der Waals surface area contributed by atoms with Crippen LogP contribution in [-0.2, 0) is 9.63 Å². The summed E-state index contributed by atoms with van der Waals surface area (Å²) in [6, 6.07) is 0. The summed E-state index contributed by atoms with van der Waals surface area (Å²) in [5.41, 5.74) is 0. The van der Waals surface area contributed by atoms with E-state index in [-0.39, 0.29) is 11.9 Å². The predicted molar refractivity (Wildman–Crippen MR) is 48.1 cm³/mol. The molecule has 1 aliphatic rings. The number of carbonyl (C=O) groups excluding carboxylic acids is 1. The summed E-state index contributed by atoms with van der Waals surface area (Å²) < 4.78 is 0. The molecule has 80 valence electrons. The molecule has 1 rings (SSSR count). The minimum atomic E-state index is -0.0934. The molecule has 6 nitrogen and oxygen atoms in total. The van der Waals surface area contributed by atoms with E-state index >= 15 is 0 Å². The van der Waals surface area contributed by atoms with Gasteiger partial charge in [0.15, 0.2) is 0 Å². The summed E-state index contributed by atoms with van der Waals surface area (Å²) >= 11 is 0. The van der Waals surface area contributed by atoms with E-state index in [0.717, 1.165) is 0 Å². The van der Waals surface area contributed by atoms with Gasteiger partial charge in [0.1, 0.15) is 11.9 Å². The summed E-state index contributed by atoms with van der Waals surface area (Å²) in [5.74, 6) is 0.261. The van der Waals surface area contributed by atoms with Gasteiger partial charge < -0.3 is 10.0 Å². The summed E-state index contributed by atoms with van der Waals surface area (Å²) in [6.07, 6.45) is 2.28. The van der Waals surface area contributed by atoms with E-state index < -0.39 is 0 Å². The minimum Gasteiger partial charge on any atom is -0.569 e. The van der Waals surface area contributed by atoms with Gasteiger partial charge in [-0.3, -0.25) is 4.79 Å². The second-order valence-corrected chi connectivity index (χ2v) is 3.53. The van der Waals surface area contributed by atoms with Crippen molar-refractivity contribution in [3.8, 4) is 0 Å². The van der Waals surface area contributed by atoms with Gasteiger partial charge in [0.2, 0.25) is 5.28 Å². The molecule has 0 unspecified atom stereocenters. The van der Waals surface area contributed by atoms with Crippen LogP contribution in [0.15, 0.2) is 5.28 Å². The summed E-state index contributed by atoms with van der Waals surface area (Å²) in [5, 5.41) is 15.6. The molecule has 0 heterocycles. The summed E-state index contributed by atoms with van der Waals surface area (Å²) in [6.45, 7) is 0. The van der Waals surface area contributed by atoms with Gasteiger partial charge in [-0.05, 0) is 12.8 Å². The third kappa shape index (κ3) is 3.20. The van der Waals surface area contributed by atoms with Crippen molar-refractivity contribution in [2.24, 2.45) is 5.28 Å². The van der Waals surface area contributed by atoms with Gasteiger partial charge in [0.05, 0.1) is 19.1 Å². The van der Waals surface area contributed by atoms with E-state index in [4.69, 9.17) is 4.84 Å². The highest BCUT2D eigenvalue weighted by Crippen LogP contribution is 2.17. The molecule has 0 aromatic rings. The molecule has 1 fully saturated rings. The number of Topliss-reactive ketones (excluding diaryl/α,β-unsaturated/α-hetero) is 1. The van der Waals surface area contributed by atoms with Crippen molar-refractivity contribution in [2.75, 3.05) is 14.1 Å². The predicted octanol–water partition coefficient (Wildman–Crippen LogP) is 0.869. The number of hydrogen-bond acceptors (Lipinski definition) is 4. The normalized spacial score (nSPS) is 19.6. The molecule has 0 spiro atoms. The van der Waals surface area contributed by atoms with Gasteiger partial charge in [0.25, 0.3) is 0 Å². The molecule has 6 heteroatoms. The number of nitrogens with zero attached hydrogens (tertiary/aromatic N) is 3. The summed E-state index contributed by atoms with van der Waals surface area (Å²) in [7, 11) is 3.15. The van der Waals surface area contributed by atoms with Gasteiger partial charge >= 0.3 is 0 Å². The Morgan fingerprint density at radius 1 is 1.50 bits per heavy atom. The van der Waals surface area contributed by atoms with Gasteiger partial charge in [-0.25, -0.2) is 0 Å². The first-order chi connectivity index (χ1) is 6.59. The lowest BCUT2D eigenvalue weighted by molar-refractivity contribution is -0.701. The number of hydrazine groups is 1. The highest BCUT2D eigenvalue weighted by atomic mass is 16.7. The van der Waals surface area contributed by atoms with E-state index in [1.807, 2.05) is 0 Å². The van der Waals surface area contributed by atoms with Crippen LogP contribution in [-0.4, -0.2) is 36.0 Å². The van der Waals surface area contributed by atoms with E-state index in [1.54, 1.807) is 14.1 Å². The molecule has 0 amide bonds. The average molecular weight is 201 g/mol. The zero-order valence-electron chi connectivity index (χ0n) is 8.47. The number of carbonyl (C=O) groups is 1. The maximum Gasteiger partial charge on any atom is 0.233 e. The van der Waals surface area contributed by atoms with Gasteiger partial charge in [-0.1, -0.05) is 0 Å². The molecule has 1 saturated carbocycles. The van der Waals surface area contributed by atoms with Crippen LogP contribution in [0.1, 0.15) is 25.7 Å². The van der Waals surface area contributed by atoms with Crippen molar-refractivity contribution in [1.29, 1.82) is 0 Å². The SMILES string of the molecule is CN(C)/[N+]([O-])=N/OC1CCC(=O)CC1. The van der Waals surface area contributed by atoms with Gasteiger partial charge in [0, 0.05) is 12.8 Å². The first kappa shape index (κ1) is 10.7. The second kappa shape index (κ2) is 4.78. The monoisotopic (exact) mass is 201 g/mol. The Morgan fingerprint density at radius 2 is 2.07 bits per heavy atom. The Morgan fingerprint density at radius 3 is 2.57 bits per heavy atom. The third-order valence-corrected chi connectivity index (χ3v) is 2.10. The first-order valence-electron chi connectivity index (χ1n) is 4.62. The standard InChI is InChI=1S/C8H15N3O3/c1-10(2)11(13)9-14-8-5-3-7(12)4-6-8/h8H,3-6H2,1-2H3/b11-9-. The van der Waals surface area contributed by atoms with Crippen LogP contribution in [0.5, 0.6) is 0 Å². The third-order valence-electron chi connectivity index (χ3n) is 2.10. The molecule has 1 aliphatic carbocycles. The van der Waals surface area contributed by atoms with Crippen LogP contribution in [0.25, 0.3) is 0 Å². The highest BCUT2D eigenvalue weighted by molar-refractivity contribution is 5.79. The first-order valence-corrected chi connectivity index (χ1v) is 4.62. The smallest absolute Gasteiger partial charge is 0.233 e. The van der Waals surface area contributed by atoms with Crippen LogP contribution in [0.2, 0.25) is 0 Å². The van der Waals surface area contributed by atoms with Crippen molar-refractivity contribution in [3.63, 3.8) is 0 Å².